The minimum Gasteiger partial charge on any atom is -0.494 e. The van der Waals surface area contributed by atoms with E-state index in [-0.39, 0.29) is 17.1 Å². The van der Waals surface area contributed by atoms with Crippen molar-refractivity contribution >= 4 is 5.78 Å². The van der Waals surface area contributed by atoms with Crippen molar-refractivity contribution in [2.45, 2.75) is 6.92 Å². The van der Waals surface area contributed by atoms with E-state index in [4.69, 9.17) is 4.74 Å². The standard InChI is InChI=1S/C15H13FO2/c1-10-5-3-6-11(9-10)15(17)12-7-4-8-13(18-2)14(12)16/h3-9H,1-2H3. The Hall–Kier alpha value is -2.16. The van der Waals surface area contributed by atoms with E-state index < -0.39 is 5.82 Å². The molecule has 92 valence electrons. The van der Waals surface area contributed by atoms with Gasteiger partial charge >= 0.3 is 0 Å². The second-order valence-corrected chi connectivity index (χ2v) is 4.02. The van der Waals surface area contributed by atoms with Gasteiger partial charge in [0.1, 0.15) is 0 Å². The van der Waals surface area contributed by atoms with Gasteiger partial charge in [0.05, 0.1) is 12.7 Å². The lowest BCUT2D eigenvalue weighted by Crippen LogP contribution is -2.05. The Morgan fingerprint density at radius 2 is 1.89 bits per heavy atom. The fourth-order valence-corrected chi connectivity index (χ4v) is 1.79. The molecule has 0 saturated heterocycles. The number of benzene rings is 2. The molecule has 0 aliphatic carbocycles. The Labute approximate surface area is 105 Å². The molecule has 0 aliphatic heterocycles. The summed E-state index contributed by atoms with van der Waals surface area (Å²) in [6.45, 7) is 1.89. The molecule has 0 amide bonds. The Morgan fingerprint density at radius 3 is 2.56 bits per heavy atom. The maximum absolute atomic E-state index is 14.0. The highest BCUT2D eigenvalue weighted by Gasteiger charge is 2.16. The molecule has 0 unspecified atom stereocenters. The Bertz CT molecular complexity index is 591. The van der Waals surface area contributed by atoms with Gasteiger partial charge in [-0.25, -0.2) is 4.39 Å². The number of ketones is 1. The number of carbonyl (C=O) groups is 1. The van der Waals surface area contributed by atoms with E-state index in [2.05, 4.69) is 0 Å². The maximum Gasteiger partial charge on any atom is 0.196 e. The largest absolute Gasteiger partial charge is 0.494 e. The molecule has 0 radical (unpaired) electrons. The van der Waals surface area contributed by atoms with Crippen molar-refractivity contribution in [3.63, 3.8) is 0 Å². The zero-order chi connectivity index (χ0) is 13.1. The number of halogens is 1. The molecule has 0 heterocycles. The van der Waals surface area contributed by atoms with Crippen LogP contribution in [0.25, 0.3) is 0 Å². The van der Waals surface area contributed by atoms with E-state index in [0.717, 1.165) is 5.56 Å². The zero-order valence-electron chi connectivity index (χ0n) is 10.2. The number of ether oxygens (including phenoxy) is 1. The number of rotatable bonds is 3. The lowest BCUT2D eigenvalue weighted by molar-refractivity contribution is 0.103. The van der Waals surface area contributed by atoms with E-state index >= 15 is 0 Å². The van der Waals surface area contributed by atoms with Crippen molar-refractivity contribution in [1.29, 1.82) is 0 Å². The minimum atomic E-state index is -0.619. The molecule has 0 bridgehead atoms. The normalized spacial score (nSPS) is 10.2. The summed E-state index contributed by atoms with van der Waals surface area (Å²) >= 11 is 0. The second kappa shape index (κ2) is 5.00. The van der Waals surface area contributed by atoms with Crippen LogP contribution in [-0.4, -0.2) is 12.9 Å². The number of hydrogen-bond acceptors (Lipinski definition) is 2. The highest BCUT2D eigenvalue weighted by atomic mass is 19.1. The van der Waals surface area contributed by atoms with E-state index in [0.29, 0.717) is 5.56 Å². The smallest absolute Gasteiger partial charge is 0.196 e. The van der Waals surface area contributed by atoms with Crippen molar-refractivity contribution in [1.82, 2.24) is 0 Å². The van der Waals surface area contributed by atoms with E-state index in [1.165, 1.54) is 19.2 Å². The molecular weight excluding hydrogens is 231 g/mol. The van der Waals surface area contributed by atoms with Crippen LogP contribution in [0.3, 0.4) is 0 Å². The lowest BCUT2D eigenvalue weighted by atomic mass is 10.0. The van der Waals surface area contributed by atoms with Crippen LogP contribution in [0.15, 0.2) is 42.5 Å². The molecule has 0 atom stereocenters. The average Bonchev–Trinajstić information content (AvgIpc) is 2.38. The average molecular weight is 244 g/mol. The summed E-state index contributed by atoms with van der Waals surface area (Å²) in [7, 11) is 1.37. The molecule has 3 heteroatoms. The van der Waals surface area contributed by atoms with Gasteiger partial charge in [0.2, 0.25) is 0 Å². The molecule has 0 fully saturated rings. The third kappa shape index (κ3) is 2.25. The summed E-state index contributed by atoms with van der Waals surface area (Å²) in [5, 5.41) is 0. The number of hydrogen-bond donors (Lipinski definition) is 0. The lowest BCUT2D eigenvalue weighted by Gasteiger charge is -2.07. The Balaban J connectivity index is 2.46. The summed E-state index contributed by atoms with van der Waals surface area (Å²) < 4.78 is 18.8. The molecule has 2 aromatic rings. The second-order valence-electron chi connectivity index (χ2n) is 4.02. The van der Waals surface area contributed by atoms with Crippen LogP contribution in [0.1, 0.15) is 21.5 Å². The third-order valence-corrected chi connectivity index (χ3v) is 2.71. The Kier molecular flexibility index (Phi) is 3.42. The van der Waals surface area contributed by atoms with Gasteiger partial charge in [0.25, 0.3) is 0 Å². The zero-order valence-corrected chi connectivity index (χ0v) is 10.2. The Morgan fingerprint density at radius 1 is 1.17 bits per heavy atom. The van der Waals surface area contributed by atoms with Gasteiger partial charge in [-0.05, 0) is 25.1 Å². The number of aryl methyl sites for hydroxylation is 1. The van der Waals surface area contributed by atoms with Crippen LogP contribution in [0.5, 0.6) is 5.75 Å². The highest BCUT2D eigenvalue weighted by molar-refractivity contribution is 6.09. The highest BCUT2D eigenvalue weighted by Crippen LogP contribution is 2.22. The summed E-state index contributed by atoms with van der Waals surface area (Å²) in [6.07, 6.45) is 0. The summed E-state index contributed by atoms with van der Waals surface area (Å²) in [6, 6.07) is 11.6. The van der Waals surface area contributed by atoms with Crippen molar-refractivity contribution in [2.24, 2.45) is 0 Å². The maximum atomic E-state index is 14.0. The molecule has 0 aromatic heterocycles. The van der Waals surface area contributed by atoms with Crippen molar-refractivity contribution in [3.05, 3.63) is 65.0 Å². The SMILES string of the molecule is COc1cccc(C(=O)c2cccc(C)c2)c1F. The van der Waals surface area contributed by atoms with Crippen LogP contribution < -0.4 is 4.74 Å². The van der Waals surface area contributed by atoms with Gasteiger partial charge in [-0.2, -0.15) is 0 Å². The first-order valence-corrected chi connectivity index (χ1v) is 5.57. The van der Waals surface area contributed by atoms with Gasteiger partial charge in [0.15, 0.2) is 17.3 Å². The van der Waals surface area contributed by atoms with E-state index in [1.807, 2.05) is 13.0 Å². The molecule has 0 saturated carbocycles. The van der Waals surface area contributed by atoms with Crippen LogP contribution >= 0.6 is 0 Å². The van der Waals surface area contributed by atoms with Gasteiger partial charge < -0.3 is 4.74 Å². The minimum absolute atomic E-state index is 0.0277. The third-order valence-electron chi connectivity index (χ3n) is 2.71. The molecule has 0 aliphatic rings. The van der Waals surface area contributed by atoms with E-state index in [1.54, 1.807) is 24.3 Å². The fourth-order valence-electron chi connectivity index (χ4n) is 1.79. The monoisotopic (exact) mass is 244 g/mol. The topological polar surface area (TPSA) is 26.3 Å². The molecule has 18 heavy (non-hydrogen) atoms. The van der Waals surface area contributed by atoms with Gasteiger partial charge in [-0.1, -0.05) is 29.8 Å². The fraction of sp³-hybridized carbons (Fsp3) is 0.133. The molecule has 2 aromatic carbocycles. The molecular formula is C15H13FO2. The number of methoxy groups -OCH3 is 1. The quantitative estimate of drug-likeness (QED) is 0.774. The van der Waals surface area contributed by atoms with Gasteiger partial charge in [0, 0.05) is 5.56 Å². The van der Waals surface area contributed by atoms with Crippen molar-refractivity contribution < 1.29 is 13.9 Å². The predicted octanol–water partition coefficient (Wildman–Crippen LogP) is 3.37. The van der Waals surface area contributed by atoms with Crippen LogP contribution in [-0.2, 0) is 0 Å². The molecule has 2 rings (SSSR count). The molecule has 0 N–H and O–H groups in total. The van der Waals surface area contributed by atoms with Crippen LogP contribution in [0, 0.1) is 12.7 Å². The first kappa shape index (κ1) is 12.3. The summed E-state index contributed by atoms with van der Waals surface area (Å²) in [5.41, 5.74) is 1.46. The van der Waals surface area contributed by atoms with E-state index in [9.17, 15) is 9.18 Å². The van der Waals surface area contributed by atoms with Gasteiger partial charge in [-0.15, -0.1) is 0 Å². The van der Waals surface area contributed by atoms with Crippen molar-refractivity contribution in [2.75, 3.05) is 7.11 Å². The predicted molar refractivity (Wildman–Crippen MR) is 67.6 cm³/mol. The number of carbonyl (C=O) groups excluding carboxylic acids is 1. The van der Waals surface area contributed by atoms with Crippen molar-refractivity contribution in [3.8, 4) is 5.75 Å². The molecule has 0 spiro atoms. The first-order valence-electron chi connectivity index (χ1n) is 5.57. The summed E-state index contributed by atoms with van der Waals surface area (Å²) in [4.78, 5) is 12.2. The first-order chi connectivity index (χ1) is 8.63. The van der Waals surface area contributed by atoms with Gasteiger partial charge in [-0.3, -0.25) is 4.79 Å². The van der Waals surface area contributed by atoms with Crippen LogP contribution in [0.2, 0.25) is 0 Å². The summed E-state index contributed by atoms with van der Waals surface area (Å²) in [5.74, 6) is -0.880. The molecule has 2 nitrogen and oxygen atoms in total. The van der Waals surface area contributed by atoms with Crippen LogP contribution in [0.4, 0.5) is 4.39 Å².